The first kappa shape index (κ1) is 19.0. The molecule has 0 spiro atoms. The lowest BCUT2D eigenvalue weighted by Gasteiger charge is -2.16. The molecule has 3 aromatic rings. The van der Waals surface area contributed by atoms with Gasteiger partial charge in [-0.15, -0.1) is 5.10 Å². The van der Waals surface area contributed by atoms with Crippen molar-refractivity contribution >= 4 is 17.5 Å². The maximum Gasteiger partial charge on any atom is 0.251 e. The minimum Gasteiger partial charge on any atom is -0.344 e. The van der Waals surface area contributed by atoms with Crippen molar-refractivity contribution in [1.82, 2.24) is 20.3 Å². The second-order valence-corrected chi connectivity index (χ2v) is 6.27. The topological polar surface area (TPSA) is 80.1 Å². The molecule has 0 radical (unpaired) electrons. The third-order valence-corrected chi connectivity index (χ3v) is 4.35. The van der Waals surface area contributed by atoms with Gasteiger partial charge >= 0.3 is 0 Å². The molecule has 7 nitrogen and oxygen atoms in total. The van der Waals surface area contributed by atoms with E-state index in [4.69, 9.17) is 0 Å². The standard InChI is InChI=1S/C21H21N5O2/c1-4-20(27)25(3)17-12-10-16(11-13-17)21(28)22-15(2)19-14-26(24-23-19)18-8-6-5-7-9-18/h4-15H,1H2,2-3H3,(H,22,28). The average molecular weight is 375 g/mol. The summed E-state index contributed by atoms with van der Waals surface area (Å²) >= 11 is 0. The number of rotatable bonds is 6. The smallest absolute Gasteiger partial charge is 0.251 e. The summed E-state index contributed by atoms with van der Waals surface area (Å²) in [5.74, 6) is -0.446. The van der Waals surface area contributed by atoms with Gasteiger partial charge in [0.25, 0.3) is 5.91 Å². The van der Waals surface area contributed by atoms with Gasteiger partial charge in [0.05, 0.1) is 17.9 Å². The van der Waals surface area contributed by atoms with Crippen LogP contribution < -0.4 is 10.2 Å². The maximum atomic E-state index is 12.5. The van der Waals surface area contributed by atoms with Crippen LogP contribution in [0.3, 0.4) is 0 Å². The number of likely N-dealkylation sites (N-methyl/N-ethyl adjacent to an activating group) is 1. The zero-order chi connectivity index (χ0) is 20.1. The Morgan fingerprint density at radius 2 is 1.82 bits per heavy atom. The van der Waals surface area contributed by atoms with E-state index >= 15 is 0 Å². The summed E-state index contributed by atoms with van der Waals surface area (Å²) in [6.07, 6.45) is 3.03. The van der Waals surface area contributed by atoms with Gasteiger partial charge in [0, 0.05) is 18.3 Å². The Balaban J connectivity index is 1.67. The number of carbonyl (C=O) groups is 2. The number of carbonyl (C=O) groups excluding carboxylic acids is 2. The van der Waals surface area contributed by atoms with Gasteiger partial charge in [0.1, 0.15) is 5.69 Å². The Labute approximate surface area is 163 Å². The summed E-state index contributed by atoms with van der Waals surface area (Å²) in [6, 6.07) is 16.1. The van der Waals surface area contributed by atoms with E-state index in [0.29, 0.717) is 16.9 Å². The highest BCUT2D eigenvalue weighted by Crippen LogP contribution is 2.16. The monoisotopic (exact) mass is 375 g/mol. The Morgan fingerprint density at radius 1 is 1.14 bits per heavy atom. The van der Waals surface area contributed by atoms with Gasteiger partial charge in [-0.2, -0.15) is 0 Å². The number of benzene rings is 2. The van der Waals surface area contributed by atoms with Crippen LogP contribution in [-0.2, 0) is 4.79 Å². The molecule has 2 aromatic carbocycles. The molecule has 3 rings (SSSR count). The Morgan fingerprint density at radius 3 is 2.46 bits per heavy atom. The van der Waals surface area contributed by atoms with E-state index in [-0.39, 0.29) is 17.9 Å². The molecule has 1 atom stereocenters. The molecule has 0 saturated heterocycles. The molecule has 1 heterocycles. The zero-order valence-corrected chi connectivity index (χ0v) is 15.7. The van der Waals surface area contributed by atoms with E-state index in [2.05, 4.69) is 22.2 Å². The third-order valence-electron chi connectivity index (χ3n) is 4.35. The lowest BCUT2D eigenvalue weighted by molar-refractivity contribution is -0.113. The number of para-hydroxylation sites is 1. The molecule has 7 heteroatoms. The number of nitrogens with one attached hydrogen (secondary N) is 1. The molecule has 0 bridgehead atoms. The summed E-state index contributed by atoms with van der Waals surface area (Å²) in [7, 11) is 1.65. The first-order chi connectivity index (χ1) is 13.5. The molecular weight excluding hydrogens is 354 g/mol. The number of anilines is 1. The first-order valence-electron chi connectivity index (χ1n) is 8.78. The lowest BCUT2D eigenvalue weighted by Crippen LogP contribution is -2.27. The van der Waals surface area contributed by atoms with Gasteiger partial charge in [0.15, 0.2) is 0 Å². The normalized spacial score (nSPS) is 11.5. The van der Waals surface area contributed by atoms with Crippen LogP contribution in [-0.4, -0.2) is 33.9 Å². The van der Waals surface area contributed by atoms with Crippen LogP contribution in [0.1, 0.15) is 29.0 Å². The molecule has 1 aromatic heterocycles. The maximum absolute atomic E-state index is 12.5. The highest BCUT2D eigenvalue weighted by molar-refractivity contribution is 6.01. The van der Waals surface area contributed by atoms with Crippen molar-refractivity contribution in [3.05, 3.63) is 84.7 Å². The summed E-state index contributed by atoms with van der Waals surface area (Å²) in [4.78, 5) is 25.6. The summed E-state index contributed by atoms with van der Waals surface area (Å²) in [5, 5.41) is 11.2. The SMILES string of the molecule is C=CC(=O)N(C)c1ccc(C(=O)NC(C)c2cn(-c3ccccc3)nn2)cc1. The first-order valence-corrected chi connectivity index (χ1v) is 8.78. The van der Waals surface area contributed by atoms with Crippen molar-refractivity contribution in [2.75, 3.05) is 11.9 Å². The molecule has 0 fully saturated rings. The molecular formula is C21H21N5O2. The van der Waals surface area contributed by atoms with Crippen LogP contribution in [0.25, 0.3) is 5.69 Å². The van der Waals surface area contributed by atoms with E-state index < -0.39 is 0 Å². The minimum absolute atomic E-state index is 0.215. The van der Waals surface area contributed by atoms with Gasteiger partial charge in [-0.05, 0) is 49.4 Å². The fraction of sp³-hybridized carbons (Fsp3) is 0.143. The molecule has 142 valence electrons. The number of hydrogen-bond acceptors (Lipinski definition) is 4. The molecule has 2 amide bonds. The van der Waals surface area contributed by atoms with Crippen LogP contribution in [0.4, 0.5) is 5.69 Å². The van der Waals surface area contributed by atoms with Crippen LogP contribution in [0.2, 0.25) is 0 Å². The molecule has 0 aliphatic heterocycles. The largest absolute Gasteiger partial charge is 0.344 e. The lowest BCUT2D eigenvalue weighted by atomic mass is 10.1. The third kappa shape index (κ3) is 4.15. The quantitative estimate of drug-likeness (QED) is 0.672. The van der Waals surface area contributed by atoms with Gasteiger partial charge in [-0.25, -0.2) is 4.68 Å². The number of nitrogens with zero attached hydrogens (tertiary/aromatic N) is 4. The predicted octanol–water partition coefficient (Wildman–Crippen LogP) is 2.91. The van der Waals surface area contributed by atoms with Gasteiger partial charge in [-0.1, -0.05) is 30.0 Å². The molecule has 1 N–H and O–H groups in total. The predicted molar refractivity (Wildman–Crippen MR) is 107 cm³/mol. The fourth-order valence-electron chi connectivity index (χ4n) is 2.64. The van der Waals surface area contributed by atoms with Crippen LogP contribution in [0, 0.1) is 0 Å². The molecule has 0 aliphatic carbocycles. The number of aromatic nitrogens is 3. The van der Waals surface area contributed by atoms with Gasteiger partial charge < -0.3 is 10.2 Å². The van der Waals surface area contributed by atoms with Crippen molar-refractivity contribution in [2.24, 2.45) is 0 Å². The molecule has 1 unspecified atom stereocenters. The van der Waals surface area contributed by atoms with Gasteiger partial charge in [-0.3, -0.25) is 9.59 Å². The second-order valence-electron chi connectivity index (χ2n) is 6.27. The average Bonchev–Trinajstić information content (AvgIpc) is 3.24. The molecule has 0 saturated carbocycles. The summed E-state index contributed by atoms with van der Waals surface area (Å²) in [5.41, 5.74) is 2.73. The Kier molecular flexibility index (Phi) is 5.64. The highest BCUT2D eigenvalue weighted by Gasteiger charge is 2.15. The number of hydrogen-bond donors (Lipinski definition) is 1. The van der Waals surface area contributed by atoms with Crippen LogP contribution in [0.5, 0.6) is 0 Å². The van der Waals surface area contributed by atoms with Crippen molar-refractivity contribution in [2.45, 2.75) is 13.0 Å². The fourth-order valence-corrected chi connectivity index (χ4v) is 2.64. The van der Waals surface area contributed by atoms with Crippen LogP contribution >= 0.6 is 0 Å². The summed E-state index contributed by atoms with van der Waals surface area (Å²) < 4.78 is 1.67. The van der Waals surface area contributed by atoms with E-state index in [1.165, 1.54) is 11.0 Å². The highest BCUT2D eigenvalue weighted by atomic mass is 16.2. The van der Waals surface area contributed by atoms with Crippen molar-refractivity contribution < 1.29 is 9.59 Å². The minimum atomic E-state index is -0.311. The van der Waals surface area contributed by atoms with Crippen molar-refractivity contribution in [1.29, 1.82) is 0 Å². The molecule has 0 aliphatic rings. The van der Waals surface area contributed by atoms with E-state index in [0.717, 1.165) is 5.69 Å². The Hall–Kier alpha value is -3.74. The van der Waals surface area contributed by atoms with Gasteiger partial charge in [0.2, 0.25) is 5.91 Å². The molecule has 28 heavy (non-hydrogen) atoms. The van der Waals surface area contributed by atoms with E-state index in [1.54, 1.807) is 42.2 Å². The second kappa shape index (κ2) is 8.30. The van der Waals surface area contributed by atoms with Crippen molar-refractivity contribution in [3.63, 3.8) is 0 Å². The number of amides is 2. The Bertz CT molecular complexity index is 980. The van der Waals surface area contributed by atoms with E-state index in [9.17, 15) is 9.59 Å². The summed E-state index contributed by atoms with van der Waals surface area (Å²) in [6.45, 7) is 5.32. The zero-order valence-electron chi connectivity index (χ0n) is 15.7. The van der Waals surface area contributed by atoms with Crippen LogP contribution in [0.15, 0.2) is 73.4 Å². The van der Waals surface area contributed by atoms with Crippen molar-refractivity contribution in [3.8, 4) is 5.69 Å². The van der Waals surface area contributed by atoms with E-state index in [1.807, 2.05) is 37.3 Å².